The third-order valence-electron chi connectivity index (χ3n) is 1.54. The number of unbranched alkanes of at least 4 members (excludes halogenated alkanes) is 1. The van der Waals surface area contributed by atoms with Gasteiger partial charge in [0.1, 0.15) is 0 Å². The molecule has 0 radical (unpaired) electrons. The van der Waals surface area contributed by atoms with E-state index in [0.29, 0.717) is 24.2 Å². The molecule has 1 aromatic heterocycles. The van der Waals surface area contributed by atoms with Gasteiger partial charge in [0.15, 0.2) is 5.01 Å². The number of hydrogen-bond donors (Lipinski definition) is 2. The summed E-state index contributed by atoms with van der Waals surface area (Å²) in [5.41, 5.74) is 1.16. The molecule has 1 aromatic rings. The summed E-state index contributed by atoms with van der Waals surface area (Å²) in [6.45, 7) is 1.88. The van der Waals surface area contributed by atoms with Crippen molar-refractivity contribution < 1.29 is 5.11 Å². The van der Waals surface area contributed by atoms with Crippen molar-refractivity contribution in [2.75, 3.05) is 6.61 Å². The van der Waals surface area contributed by atoms with Crippen molar-refractivity contribution in [3.63, 3.8) is 0 Å². The first-order valence-corrected chi connectivity index (χ1v) is 5.23. The zero-order chi connectivity index (χ0) is 10.4. The Morgan fingerprint density at radius 2 is 2.50 bits per heavy atom. The molecule has 0 saturated carbocycles. The fourth-order valence-corrected chi connectivity index (χ4v) is 1.54. The molecule has 0 spiro atoms. The summed E-state index contributed by atoms with van der Waals surface area (Å²) in [6.07, 6.45) is 1.39. The van der Waals surface area contributed by atoms with Crippen LogP contribution < -0.4 is 0 Å². The summed E-state index contributed by atoms with van der Waals surface area (Å²) in [4.78, 5) is 4.17. The summed E-state index contributed by atoms with van der Waals surface area (Å²) in [5.74, 6) is 5.83. The van der Waals surface area contributed by atoms with Gasteiger partial charge in [0.25, 0.3) is 0 Å². The van der Waals surface area contributed by atoms with Crippen LogP contribution in [0.15, 0.2) is 5.38 Å². The van der Waals surface area contributed by atoms with Crippen molar-refractivity contribution >= 4 is 17.0 Å². The number of aromatic nitrogens is 1. The van der Waals surface area contributed by atoms with Crippen molar-refractivity contribution in [3.05, 3.63) is 16.1 Å². The highest BCUT2D eigenvalue weighted by atomic mass is 32.1. The minimum atomic E-state index is 0.178. The number of rotatable bonds is 3. The lowest BCUT2D eigenvalue weighted by Gasteiger charge is -1.85. The van der Waals surface area contributed by atoms with Crippen LogP contribution in [0.2, 0.25) is 0 Å². The van der Waals surface area contributed by atoms with E-state index < -0.39 is 0 Å². The molecule has 74 valence electrons. The summed E-state index contributed by atoms with van der Waals surface area (Å²) < 4.78 is 0. The number of nitrogens with one attached hydrogen (secondary N) is 1. The predicted octanol–water partition coefficient (Wildman–Crippen LogP) is 1.65. The van der Waals surface area contributed by atoms with Gasteiger partial charge in [-0.15, -0.1) is 11.3 Å². The van der Waals surface area contributed by atoms with Gasteiger partial charge in [-0.25, -0.2) is 4.98 Å². The van der Waals surface area contributed by atoms with Crippen LogP contribution >= 0.6 is 11.3 Å². The lowest BCUT2D eigenvalue weighted by molar-refractivity contribution is 0.290. The average Bonchev–Trinajstić information content (AvgIpc) is 2.61. The lowest BCUT2D eigenvalue weighted by atomic mass is 10.3. The van der Waals surface area contributed by atoms with Crippen LogP contribution in [0.3, 0.4) is 0 Å². The molecule has 1 rings (SSSR count). The first-order chi connectivity index (χ1) is 6.74. The number of hydrogen-bond acceptors (Lipinski definition) is 4. The van der Waals surface area contributed by atoms with Crippen LogP contribution in [0.4, 0.5) is 0 Å². The molecule has 0 fully saturated rings. The molecule has 4 heteroatoms. The van der Waals surface area contributed by atoms with E-state index in [4.69, 9.17) is 10.5 Å². The summed E-state index contributed by atoms with van der Waals surface area (Å²) in [5, 5.41) is 18.5. The standard InChI is InChI=1S/C10H12N2OS/c1-8(11)9-7-14-10(12-9)5-3-2-4-6-13/h7,11,13H,2,4,6H2,1H3. The van der Waals surface area contributed by atoms with Gasteiger partial charge in [-0.2, -0.15) is 0 Å². The van der Waals surface area contributed by atoms with Gasteiger partial charge >= 0.3 is 0 Å². The summed E-state index contributed by atoms with van der Waals surface area (Å²) in [6, 6.07) is 0. The predicted molar refractivity (Wildman–Crippen MR) is 57.8 cm³/mol. The Morgan fingerprint density at radius 3 is 3.07 bits per heavy atom. The second-order valence-electron chi connectivity index (χ2n) is 2.79. The van der Waals surface area contributed by atoms with E-state index >= 15 is 0 Å². The highest BCUT2D eigenvalue weighted by Gasteiger charge is 1.99. The van der Waals surface area contributed by atoms with E-state index in [1.807, 2.05) is 5.38 Å². The van der Waals surface area contributed by atoms with E-state index in [1.54, 1.807) is 6.92 Å². The first kappa shape index (κ1) is 10.9. The molecule has 0 amide bonds. The minimum Gasteiger partial charge on any atom is -0.396 e. The fraction of sp³-hybridized carbons (Fsp3) is 0.400. The third-order valence-corrected chi connectivity index (χ3v) is 2.30. The van der Waals surface area contributed by atoms with Gasteiger partial charge < -0.3 is 10.5 Å². The molecule has 2 N–H and O–H groups in total. The van der Waals surface area contributed by atoms with Crippen LogP contribution in [0.5, 0.6) is 0 Å². The maximum atomic E-state index is 8.53. The van der Waals surface area contributed by atoms with Crippen molar-refractivity contribution in [2.24, 2.45) is 0 Å². The monoisotopic (exact) mass is 208 g/mol. The Balaban J connectivity index is 2.58. The van der Waals surface area contributed by atoms with E-state index in [0.717, 1.165) is 5.01 Å². The quantitative estimate of drug-likeness (QED) is 0.451. The Kier molecular flexibility index (Phi) is 4.30. The normalized spacial score (nSPS) is 9.29. The molecule has 0 unspecified atom stereocenters. The zero-order valence-electron chi connectivity index (χ0n) is 8.00. The summed E-state index contributed by atoms with van der Waals surface area (Å²) in [7, 11) is 0. The molecule has 0 saturated heterocycles. The van der Waals surface area contributed by atoms with Gasteiger partial charge in [-0.3, -0.25) is 0 Å². The largest absolute Gasteiger partial charge is 0.396 e. The Bertz CT molecular complexity index is 373. The van der Waals surface area contributed by atoms with E-state index in [2.05, 4.69) is 16.8 Å². The number of aliphatic hydroxyl groups is 1. The van der Waals surface area contributed by atoms with Crippen molar-refractivity contribution in [1.29, 1.82) is 5.41 Å². The molecule has 1 heterocycles. The number of aliphatic hydroxyl groups excluding tert-OH is 1. The Hall–Kier alpha value is -1.18. The topological polar surface area (TPSA) is 57.0 Å². The van der Waals surface area contributed by atoms with E-state index in [9.17, 15) is 0 Å². The second-order valence-corrected chi connectivity index (χ2v) is 3.65. The molecule has 3 nitrogen and oxygen atoms in total. The number of thiazole rings is 1. The molecule has 0 aliphatic heterocycles. The van der Waals surface area contributed by atoms with Crippen molar-refractivity contribution in [2.45, 2.75) is 19.8 Å². The molecule has 14 heavy (non-hydrogen) atoms. The average molecular weight is 208 g/mol. The van der Waals surface area contributed by atoms with Crippen LogP contribution in [0.25, 0.3) is 0 Å². The highest BCUT2D eigenvalue weighted by Crippen LogP contribution is 2.08. The van der Waals surface area contributed by atoms with Gasteiger partial charge in [0, 0.05) is 18.4 Å². The van der Waals surface area contributed by atoms with Gasteiger partial charge in [0.2, 0.25) is 0 Å². The van der Waals surface area contributed by atoms with Crippen LogP contribution in [0, 0.1) is 17.3 Å². The molecule has 0 bridgehead atoms. The van der Waals surface area contributed by atoms with Crippen molar-refractivity contribution in [3.8, 4) is 11.8 Å². The van der Waals surface area contributed by atoms with E-state index in [-0.39, 0.29) is 6.61 Å². The molecule has 0 aliphatic carbocycles. The molecule has 0 atom stereocenters. The van der Waals surface area contributed by atoms with Gasteiger partial charge in [0.05, 0.1) is 11.4 Å². The van der Waals surface area contributed by atoms with Crippen LogP contribution in [-0.4, -0.2) is 22.4 Å². The number of nitrogens with zero attached hydrogens (tertiary/aromatic N) is 1. The van der Waals surface area contributed by atoms with Crippen molar-refractivity contribution in [1.82, 2.24) is 4.98 Å². The smallest absolute Gasteiger partial charge is 0.167 e. The fourth-order valence-electron chi connectivity index (χ4n) is 0.809. The summed E-state index contributed by atoms with van der Waals surface area (Å²) >= 11 is 1.45. The van der Waals surface area contributed by atoms with Gasteiger partial charge in [-0.05, 0) is 19.3 Å². The molecular formula is C10H12N2OS. The Labute approximate surface area is 87.3 Å². The molecule has 0 aliphatic rings. The third kappa shape index (κ3) is 3.29. The lowest BCUT2D eigenvalue weighted by Crippen LogP contribution is -1.91. The minimum absolute atomic E-state index is 0.178. The van der Waals surface area contributed by atoms with E-state index in [1.165, 1.54) is 11.3 Å². The first-order valence-electron chi connectivity index (χ1n) is 4.35. The maximum Gasteiger partial charge on any atom is 0.167 e. The molecule has 0 aromatic carbocycles. The van der Waals surface area contributed by atoms with Crippen LogP contribution in [-0.2, 0) is 0 Å². The maximum absolute atomic E-state index is 8.53. The molecular weight excluding hydrogens is 196 g/mol. The zero-order valence-corrected chi connectivity index (χ0v) is 8.82. The second kappa shape index (κ2) is 5.53. The van der Waals surface area contributed by atoms with Crippen LogP contribution in [0.1, 0.15) is 30.5 Å². The SMILES string of the molecule is CC(=N)c1csc(C#CCCCO)n1. The highest BCUT2D eigenvalue weighted by molar-refractivity contribution is 7.10. The Morgan fingerprint density at radius 1 is 1.71 bits per heavy atom. The van der Waals surface area contributed by atoms with Gasteiger partial charge in [-0.1, -0.05) is 5.92 Å².